The van der Waals surface area contributed by atoms with Crippen molar-refractivity contribution < 1.29 is 4.39 Å². The minimum Gasteiger partial charge on any atom is -0.311 e. The number of imidazole rings is 1. The second kappa shape index (κ2) is 4.34. The summed E-state index contributed by atoms with van der Waals surface area (Å²) in [5.41, 5.74) is 2.14. The maximum Gasteiger partial charge on any atom is 0.224 e. The first-order valence-corrected chi connectivity index (χ1v) is 5.68. The Kier molecular flexibility index (Phi) is 2.68. The molecule has 2 heterocycles. The van der Waals surface area contributed by atoms with Gasteiger partial charge in [0.25, 0.3) is 0 Å². The zero-order valence-corrected chi connectivity index (χ0v) is 9.97. The van der Waals surface area contributed by atoms with Crippen LogP contribution in [0.4, 0.5) is 4.39 Å². The van der Waals surface area contributed by atoms with Crippen molar-refractivity contribution in [1.29, 1.82) is 0 Å². The van der Waals surface area contributed by atoms with Crippen LogP contribution in [0.1, 0.15) is 5.56 Å². The van der Waals surface area contributed by atoms with E-state index in [0.717, 1.165) is 5.56 Å². The zero-order valence-electron chi connectivity index (χ0n) is 9.22. The van der Waals surface area contributed by atoms with Gasteiger partial charge >= 0.3 is 0 Å². The molecule has 3 rings (SSSR count). The van der Waals surface area contributed by atoms with Crippen molar-refractivity contribution in [2.24, 2.45) is 0 Å². The van der Waals surface area contributed by atoms with Gasteiger partial charge in [0, 0.05) is 0 Å². The molecule has 0 aliphatic heterocycles. The lowest BCUT2D eigenvalue weighted by Crippen LogP contribution is -2.00. The second-order valence-corrected chi connectivity index (χ2v) is 4.19. The SMILES string of the molecule is Fc1cccc(Cn2cnc3cnc(Cl)nc32)c1. The van der Waals surface area contributed by atoms with E-state index in [4.69, 9.17) is 11.6 Å². The summed E-state index contributed by atoms with van der Waals surface area (Å²) in [5, 5.41) is 0.170. The van der Waals surface area contributed by atoms with Gasteiger partial charge < -0.3 is 4.57 Å². The van der Waals surface area contributed by atoms with E-state index in [2.05, 4.69) is 15.0 Å². The van der Waals surface area contributed by atoms with Crippen LogP contribution in [0.25, 0.3) is 11.2 Å². The van der Waals surface area contributed by atoms with Gasteiger partial charge in [-0.05, 0) is 29.3 Å². The molecule has 3 aromatic rings. The minimum absolute atomic E-state index is 0.170. The average Bonchev–Trinajstić information content (AvgIpc) is 2.72. The Balaban J connectivity index is 2.02. The van der Waals surface area contributed by atoms with Gasteiger partial charge in [0.1, 0.15) is 11.3 Å². The highest BCUT2D eigenvalue weighted by Gasteiger charge is 2.06. The molecule has 1 aromatic carbocycles. The third kappa shape index (κ3) is 2.04. The Hall–Kier alpha value is -2.01. The standard InChI is InChI=1S/C12H8ClFN4/c13-12-15-5-10-11(17-12)18(7-16-10)6-8-2-1-3-9(14)4-8/h1-5,7H,6H2. The van der Waals surface area contributed by atoms with E-state index in [1.54, 1.807) is 23.2 Å². The van der Waals surface area contributed by atoms with Crippen LogP contribution >= 0.6 is 11.6 Å². The Labute approximate surface area is 107 Å². The molecule has 2 aromatic heterocycles. The molecule has 0 fully saturated rings. The highest BCUT2D eigenvalue weighted by Crippen LogP contribution is 2.14. The molecule has 0 atom stereocenters. The van der Waals surface area contributed by atoms with E-state index in [-0.39, 0.29) is 11.1 Å². The Morgan fingerprint density at radius 2 is 2.17 bits per heavy atom. The predicted molar refractivity (Wildman–Crippen MR) is 65.8 cm³/mol. The summed E-state index contributed by atoms with van der Waals surface area (Å²) in [6.07, 6.45) is 3.20. The first kappa shape index (κ1) is 11.1. The number of rotatable bonds is 2. The quantitative estimate of drug-likeness (QED) is 0.667. The van der Waals surface area contributed by atoms with Gasteiger partial charge in [-0.1, -0.05) is 12.1 Å². The molecule has 0 radical (unpaired) electrons. The summed E-state index contributed by atoms with van der Waals surface area (Å²) >= 11 is 5.75. The van der Waals surface area contributed by atoms with Crippen LogP contribution < -0.4 is 0 Å². The smallest absolute Gasteiger partial charge is 0.224 e. The van der Waals surface area contributed by atoms with Crippen molar-refractivity contribution in [3.8, 4) is 0 Å². The van der Waals surface area contributed by atoms with Crippen molar-refractivity contribution in [2.75, 3.05) is 0 Å². The van der Waals surface area contributed by atoms with Gasteiger partial charge in [0.05, 0.1) is 19.1 Å². The first-order valence-electron chi connectivity index (χ1n) is 5.30. The molecule has 0 aliphatic rings. The van der Waals surface area contributed by atoms with E-state index in [1.165, 1.54) is 12.1 Å². The summed E-state index contributed by atoms with van der Waals surface area (Å²) < 4.78 is 14.9. The number of hydrogen-bond donors (Lipinski definition) is 0. The lowest BCUT2D eigenvalue weighted by atomic mass is 10.2. The average molecular weight is 263 g/mol. The lowest BCUT2D eigenvalue weighted by molar-refractivity contribution is 0.624. The molecule has 0 amide bonds. The van der Waals surface area contributed by atoms with Crippen LogP contribution in [0.2, 0.25) is 5.28 Å². The van der Waals surface area contributed by atoms with Crippen molar-refractivity contribution in [1.82, 2.24) is 19.5 Å². The molecule has 6 heteroatoms. The highest BCUT2D eigenvalue weighted by molar-refractivity contribution is 6.28. The maximum atomic E-state index is 13.1. The normalized spacial score (nSPS) is 11.0. The monoisotopic (exact) mass is 262 g/mol. The van der Waals surface area contributed by atoms with Crippen molar-refractivity contribution >= 4 is 22.8 Å². The van der Waals surface area contributed by atoms with E-state index in [9.17, 15) is 4.39 Å². The molecule has 0 bridgehead atoms. The van der Waals surface area contributed by atoms with E-state index in [0.29, 0.717) is 17.7 Å². The first-order chi connectivity index (χ1) is 8.72. The summed E-state index contributed by atoms with van der Waals surface area (Å²) in [6, 6.07) is 6.41. The van der Waals surface area contributed by atoms with Gasteiger partial charge in [-0.2, -0.15) is 4.98 Å². The van der Waals surface area contributed by atoms with Crippen molar-refractivity contribution in [2.45, 2.75) is 6.54 Å². The zero-order chi connectivity index (χ0) is 12.5. The van der Waals surface area contributed by atoms with Crippen LogP contribution in [0, 0.1) is 5.82 Å². The topological polar surface area (TPSA) is 43.6 Å². The number of hydrogen-bond acceptors (Lipinski definition) is 3. The number of benzene rings is 1. The number of halogens is 2. The molecule has 0 unspecified atom stereocenters. The van der Waals surface area contributed by atoms with Crippen LogP contribution in [-0.2, 0) is 6.54 Å². The molecule has 0 spiro atoms. The van der Waals surface area contributed by atoms with Crippen molar-refractivity contribution in [3.05, 3.63) is 53.5 Å². The lowest BCUT2D eigenvalue weighted by Gasteiger charge is -2.03. The van der Waals surface area contributed by atoms with Gasteiger partial charge in [-0.15, -0.1) is 0 Å². The third-order valence-corrected chi connectivity index (χ3v) is 2.75. The van der Waals surface area contributed by atoms with Gasteiger partial charge in [-0.3, -0.25) is 0 Å². The highest BCUT2D eigenvalue weighted by atomic mass is 35.5. The fourth-order valence-corrected chi connectivity index (χ4v) is 1.91. The molecule has 0 N–H and O–H groups in total. The predicted octanol–water partition coefficient (Wildman–Crippen LogP) is 2.67. The van der Waals surface area contributed by atoms with Crippen molar-refractivity contribution in [3.63, 3.8) is 0 Å². The second-order valence-electron chi connectivity index (χ2n) is 3.85. The minimum atomic E-state index is -0.260. The fraction of sp³-hybridized carbons (Fsp3) is 0.0833. The summed E-state index contributed by atoms with van der Waals surface area (Å²) in [7, 11) is 0. The molecule has 0 saturated heterocycles. The van der Waals surface area contributed by atoms with E-state index < -0.39 is 0 Å². The molecule has 0 aliphatic carbocycles. The van der Waals surface area contributed by atoms with E-state index >= 15 is 0 Å². The Morgan fingerprint density at radius 3 is 3.00 bits per heavy atom. The number of nitrogens with zero attached hydrogens (tertiary/aromatic N) is 4. The van der Waals surface area contributed by atoms with Crippen LogP contribution in [0.3, 0.4) is 0 Å². The molecule has 4 nitrogen and oxygen atoms in total. The van der Waals surface area contributed by atoms with Crippen LogP contribution in [0.5, 0.6) is 0 Å². The Morgan fingerprint density at radius 1 is 1.28 bits per heavy atom. The maximum absolute atomic E-state index is 13.1. The summed E-state index contributed by atoms with van der Waals surface area (Å²) in [4.78, 5) is 12.1. The molecule has 0 saturated carbocycles. The van der Waals surface area contributed by atoms with Crippen LogP contribution in [-0.4, -0.2) is 19.5 Å². The van der Waals surface area contributed by atoms with Crippen LogP contribution in [0.15, 0.2) is 36.8 Å². The largest absolute Gasteiger partial charge is 0.311 e. The number of fused-ring (bicyclic) bond motifs is 1. The third-order valence-electron chi connectivity index (χ3n) is 2.57. The Bertz CT molecular complexity index is 710. The van der Waals surface area contributed by atoms with Gasteiger partial charge in [0.15, 0.2) is 5.65 Å². The summed E-state index contributed by atoms with van der Waals surface area (Å²) in [6.45, 7) is 0.488. The molecular formula is C12H8ClFN4. The molecule has 90 valence electrons. The fourth-order valence-electron chi connectivity index (χ4n) is 1.78. The van der Waals surface area contributed by atoms with Gasteiger partial charge in [-0.25, -0.2) is 14.4 Å². The van der Waals surface area contributed by atoms with E-state index in [1.807, 2.05) is 6.07 Å². The summed E-state index contributed by atoms with van der Waals surface area (Å²) in [5.74, 6) is -0.260. The number of aromatic nitrogens is 4. The van der Waals surface area contributed by atoms with Gasteiger partial charge in [0.2, 0.25) is 5.28 Å². The molecular weight excluding hydrogens is 255 g/mol. The molecule has 18 heavy (non-hydrogen) atoms.